The van der Waals surface area contributed by atoms with Gasteiger partial charge in [-0.05, 0) is 30.7 Å². The van der Waals surface area contributed by atoms with Crippen LogP contribution in [0.4, 0.5) is 5.69 Å². The number of Topliss-reactive ketones (excluding diaryl/α,β-unsaturated/α-hetero) is 1. The standard InChI is InChI=1S/C22H19NO2.3CO.Cr/c1-16(24)19-13-8-14-21(25-2)22(19)20-12-7-6-9-17(20)15-23-18-10-4-3-5-11-18;3*1-2;/h3-15H,1-2H3;;;;. The van der Waals surface area contributed by atoms with Gasteiger partial charge in [-0.1, -0.05) is 54.6 Å². The van der Waals surface area contributed by atoms with Crippen molar-refractivity contribution < 1.29 is 40.8 Å². The molecule has 0 unspecified atom stereocenters. The second-order valence-corrected chi connectivity index (χ2v) is 5.62. The van der Waals surface area contributed by atoms with Gasteiger partial charge in [0.05, 0.1) is 12.8 Å². The van der Waals surface area contributed by atoms with Crippen LogP contribution in [0.15, 0.2) is 77.8 Å². The second-order valence-electron chi connectivity index (χ2n) is 5.62. The van der Waals surface area contributed by atoms with E-state index in [1.165, 1.54) is 0 Å². The van der Waals surface area contributed by atoms with Gasteiger partial charge in [0.15, 0.2) is 5.78 Å². The monoisotopic (exact) mass is 465 g/mol. The molecule has 0 N–H and O–H groups in total. The molecule has 160 valence electrons. The third-order valence-corrected chi connectivity index (χ3v) is 3.96. The minimum absolute atomic E-state index is 0. The Labute approximate surface area is 198 Å². The van der Waals surface area contributed by atoms with Crippen LogP contribution >= 0.6 is 0 Å². The van der Waals surface area contributed by atoms with Crippen molar-refractivity contribution in [1.29, 1.82) is 0 Å². The van der Waals surface area contributed by atoms with E-state index in [0.29, 0.717) is 11.3 Å². The number of ketones is 1. The molecule has 0 fully saturated rings. The number of rotatable bonds is 5. The molecule has 3 aromatic rings. The predicted octanol–water partition coefficient (Wildman–Crippen LogP) is 5.20. The van der Waals surface area contributed by atoms with Crippen molar-refractivity contribution >= 4 is 17.7 Å². The number of carbonyl (C=O) groups is 1. The number of carbonyl (C=O) groups excluding carboxylic acids is 1. The van der Waals surface area contributed by atoms with E-state index in [2.05, 4.69) is 24.9 Å². The maximum Gasteiger partial charge on any atom is 0 e. The Morgan fingerprint density at radius 1 is 0.844 bits per heavy atom. The number of benzene rings is 3. The molecule has 0 saturated carbocycles. The first-order valence-electron chi connectivity index (χ1n) is 8.68. The summed E-state index contributed by atoms with van der Waals surface area (Å²) in [6.45, 7) is 15.1. The van der Waals surface area contributed by atoms with Crippen LogP contribution in [0.2, 0.25) is 0 Å². The summed E-state index contributed by atoms with van der Waals surface area (Å²) in [4.78, 5) is 16.7. The van der Waals surface area contributed by atoms with Gasteiger partial charge in [0, 0.05) is 40.3 Å². The minimum Gasteiger partial charge on any atom is 0 e. The van der Waals surface area contributed by atoms with Crippen molar-refractivity contribution in [2.24, 2.45) is 4.99 Å². The van der Waals surface area contributed by atoms with Crippen LogP contribution in [0.1, 0.15) is 22.8 Å². The summed E-state index contributed by atoms with van der Waals surface area (Å²) in [5.74, 6) is 0.678. The van der Waals surface area contributed by atoms with Crippen molar-refractivity contribution in [2.75, 3.05) is 7.11 Å². The Kier molecular flexibility index (Phi) is 17.6. The number of hydrogen-bond acceptors (Lipinski definition) is 3. The second kappa shape index (κ2) is 18.3. The molecule has 0 aliphatic rings. The fourth-order valence-corrected chi connectivity index (χ4v) is 2.77. The first kappa shape index (κ1) is 30.7. The number of methoxy groups -OCH3 is 1. The zero-order valence-corrected chi connectivity index (χ0v) is 18.7. The Balaban J connectivity index is 0. The maximum atomic E-state index is 12.1. The van der Waals surface area contributed by atoms with Crippen LogP contribution in [-0.2, 0) is 31.3 Å². The molecule has 7 heteroatoms. The van der Waals surface area contributed by atoms with Gasteiger partial charge in [0.25, 0.3) is 0 Å². The van der Waals surface area contributed by atoms with Gasteiger partial charge in [-0.25, -0.2) is 0 Å². The zero-order chi connectivity index (χ0) is 23.6. The number of ether oxygens (including phenoxy) is 1. The Bertz CT molecular complexity index is 1040. The average molecular weight is 465 g/mol. The summed E-state index contributed by atoms with van der Waals surface area (Å²) in [7, 11) is 1.61. The third-order valence-electron chi connectivity index (χ3n) is 3.96. The zero-order valence-electron chi connectivity index (χ0n) is 17.4. The Morgan fingerprint density at radius 3 is 1.97 bits per heavy atom. The van der Waals surface area contributed by atoms with Gasteiger partial charge in [0.1, 0.15) is 5.75 Å². The van der Waals surface area contributed by atoms with Gasteiger partial charge in [0.2, 0.25) is 0 Å². The summed E-state index contributed by atoms with van der Waals surface area (Å²) in [5, 5.41) is 0. The number of para-hydroxylation sites is 1. The smallest absolute Gasteiger partial charge is 0 e. The molecule has 0 radical (unpaired) electrons. The van der Waals surface area contributed by atoms with Gasteiger partial charge in [-0.2, -0.15) is 0 Å². The molecule has 0 aromatic heterocycles. The topological polar surface area (TPSA) is 98.4 Å². The van der Waals surface area contributed by atoms with Gasteiger partial charge >= 0.3 is 33.9 Å². The summed E-state index contributed by atoms with van der Waals surface area (Å²) in [5.41, 5.74) is 4.17. The van der Waals surface area contributed by atoms with E-state index in [4.69, 9.17) is 18.7 Å². The van der Waals surface area contributed by atoms with E-state index < -0.39 is 0 Å². The molecule has 0 aliphatic carbocycles. The molecule has 0 amide bonds. The van der Waals surface area contributed by atoms with Gasteiger partial charge in [-0.15, -0.1) is 0 Å². The molecule has 6 nitrogen and oxygen atoms in total. The van der Waals surface area contributed by atoms with Crippen molar-refractivity contribution in [3.05, 3.63) is 104 Å². The SMILES string of the molecule is COc1cccc(C(C)=O)c1-c1ccccc1C=Nc1ccccc1.[C-]#[O+].[C-]#[O+].[C-]#[O+].[Cr]. The fourth-order valence-electron chi connectivity index (χ4n) is 2.77. The van der Waals surface area contributed by atoms with E-state index in [9.17, 15) is 4.79 Å². The Morgan fingerprint density at radius 2 is 1.41 bits per heavy atom. The van der Waals surface area contributed by atoms with Crippen LogP contribution in [0.25, 0.3) is 11.1 Å². The van der Waals surface area contributed by atoms with Crippen LogP contribution in [0, 0.1) is 20.0 Å². The first-order chi connectivity index (χ1) is 15.2. The van der Waals surface area contributed by atoms with E-state index in [0.717, 1.165) is 22.4 Å². The molecule has 0 heterocycles. The van der Waals surface area contributed by atoms with Crippen molar-refractivity contribution in [3.63, 3.8) is 0 Å². The largest absolute Gasteiger partial charge is 0 e. The molecule has 0 spiro atoms. The van der Waals surface area contributed by atoms with Crippen LogP contribution in [0.3, 0.4) is 0 Å². The van der Waals surface area contributed by atoms with E-state index in [1.807, 2.05) is 79.0 Å². The summed E-state index contributed by atoms with van der Waals surface area (Å²) in [6.07, 6.45) is 1.82. The van der Waals surface area contributed by atoms with Crippen LogP contribution in [-0.4, -0.2) is 19.1 Å². The summed E-state index contributed by atoms with van der Waals surface area (Å²) >= 11 is 0. The first-order valence-corrected chi connectivity index (χ1v) is 8.68. The molecule has 0 aliphatic heterocycles. The van der Waals surface area contributed by atoms with Crippen LogP contribution in [0.5, 0.6) is 5.75 Å². The molecule has 0 saturated heterocycles. The van der Waals surface area contributed by atoms with Crippen LogP contribution < -0.4 is 4.74 Å². The number of hydrogen-bond donors (Lipinski definition) is 0. The molecular weight excluding hydrogens is 446 g/mol. The quantitative estimate of drug-likeness (QED) is 0.224. The molecular formula is C25H19CrNO5. The predicted molar refractivity (Wildman–Crippen MR) is 114 cm³/mol. The van der Waals surface area contributed by atoms with Gasteiger partial charge in [-0.3, -0.25) is 9.79 Å². The summed E-state index contributed by atoms with van der Waals surface area (Å²) < 4.78 is 28.0. The average Bonchev–Trinajstić information content (AvgIpc) is 2.86. The molecule has 3 rings (SSSR count). The molecule has 0 atom stereocenters. The number of nitrogens with zero attached hydrogens (tertiary/aromatic N) is 1. The fraction of sp³-hybridized carbons (Fsp3) is 0.0800. The minimum atomic E-state index is 0. The Hall–Kier alpha value is -3.45. The molecule has 0 bridgehead atoms. The van der Waals surface area contributed by atoms with Crippen molar-refractivity contribution in [2.45, 2.75) is 6.92 Å². The number of aliphatic imine (C=N–C) groups is 1. The van der Waals surface area contributed by atoms with E-state index in [-0.39, 0.29) is 23.1 Å². The third kappa shape index (κ3) is 8.73. The van der Waals surface area contributed by atoms with E-state index in [1.54, 1.807) is 14.0 Å². The van der Waals surface area contributed by atoms with Gasteiger partial charge < -0.3 is 4.74 Å². The van der Waals surface area contributed by atoms with Crippen molar-refractivity contribution in [1.82, 2.24) is 0 Å². The maximum absolute atomic E-state index is 12.1. The van der Waals surface area contributed by atoms with Crippen molar-refractivity contribution in [3.8, 4) is 16.9 Å². The van der Waals surface area contributed by atoms with E-state index >= 15 is 0 Å². The molecule has 3 aromatic carbocycles. The summed E-state index contributed by atoms with van der Waals surface area (Å²) in [6, 6.07) is 23.2. The normalized spacial score (nSPS) is 8.62. The molecule has 32 heavy (non-hydrogen) atoms.